The van der Waals surface area contributed by atoms with Crippen molar-refractivity contribution in [2.45, 2.75) is 38.5 Å². The van der Waals surface area contributed by atoms with E-state index in [1.807, 2.05) is 45.0 Å². The van der Waals surface area contributed by atoms with E-state index in [0.717, 1.165) is 11.1 Å². The van der Waals surface area contributed by atoms with Gasteiger partial charge in [0.2, 0.25) is 11.8 Å². The van der Waals surface area contributed by atoms with Crippen molar-refractivity contribution >= 4 is 27.5 Å². The van der Waals surface area contributed by atoms with Gasteiger partial charge in [-0.2, -0.15) is 0 Å². The number of hydrogen-bond donors (Lipinski definition) is 0. The van der Waals surface area contributed by atoms with Crippen LogP contribution in [0, 0.1) is 12.8 Å². The molecule has 0 unspecified atom stereocenters. The van der Waals surface area contributed by atoms with E-state index in [-0.39, 0.29) is 35.1 Å². The number of nitrogens with zero attached hydrogens (tertiary/aromatic N) is 3. The molecule has 0 spiro atoms. The van der Waals surface area contributed by atoms with Crippen LogP contribution >= 0.6 is 11.8 Å². The molecule has 1 aromatic heterocycles. The van der Waals surface area contributed by atoms with Crippen molar-refractivity contribution in [3.8, 4) is 11.5 Å². The van der Waals surface area contributed by atoms with Crippen LogP contribution in [0.5, 0.6) is 0 Å². The smallest absolute Gasteiger partial charge is 0.277 e. The quantitative estimate of drug-likeness (QED) is 0.632. The lowest BCUT2D eigenvalue weighted by molar-refractivity contribution is -0.130. The molecule has 1 aromatic carbocycles. The topological polar surface area (TPSA) is 93.4 Å². The molecule has 28 heavy (non-hydrogen) atoms. The number of amides is 1. The van der Waals surface area contributed by atoms with Crippen molar-refractivity contribution in [2.24, 2.45) is 5.92 Å². The van der Waals surface area contributed by atoms with E-state index >= 15 is 0 Å². The normalized spacial score (nSPS) is 18.5. The molecule has 7 nitrogen and oxygen atoms in total. The highest BCUT2D eigenvalue weighted by molar-refractivity contribution is 7.99. The van der Waals surface area contributed by atoms with Crippen molar-refractivity contribution in [2.75, 3.05) is 23.8 Å². The molecule has 1 aliphatic heterocycles. The van der Waals surface area contributed by atoms with E-state index in [4.69, 9.17) is 4.42 Å². The number of rotatable bonds is 7. The summed E-state index contributed by atoms with van der Waals surface area (Å²) in [5.41, 5.74) is 1.93. The number of aryl methyl sites for hydroxylation is 1. The average molecular weight is 424 g/mol. The van der Waals surface area contributed by atoms with Gasteiger partial charge in [0.15, 0.2) is 9.84 Å². The van der Waals surface area contributed by atoms with Crippen LogP contribution in [-0.4, -0.2) is 59.3 Å². The lowest BCUT2D eigenvalue weighted by atomic mass is 10.1. The molecule has 0 radical (unpaired) electrons. The number of thioether (sulfide) groups is 1. The van der Waals surface area contributed by atoms with Gasteiger partial charge in [0.1, 0.15) is 0 Å². The zero-order valence-electron chi connectivity index (χ0n) is 16.3. The largest absolute Gasteiger partial charge is 0.411 e. The molecule has 0 aliphatic carbocycles. The Morgan fingerprint density at radius 1 is 1.36 bits per heavy atom. The van der Waals surface area contributed by atoms with Gasteiger partial charge in [0.05, 0.1) is 17.3 Å². The maximum absolute atomic E-state index is 12.8. The van der Waals surface area contributed by atoms with Crippen molar-refractivity contribution in [3.63, 3.8) is 0 Å². The molecule has 1 saturated heterocycles. The summed E-state index contributed by atoms with van der Waals surface area (Å²) in [6.07, 6.45) is 0.503. The van der Waals surface area contributed by atoms with Crippen molar-refractivity contribution in [1.29, 1.82) is 0 Å². The zero-order chi connectivity index (χ0) is 20.3. The molecule has 9 heteroatoms. The van der Waals surface area contributed by atoms with E-state index < -0.39 is 9.84 Å². The third-order valence-corrected chi connectivity index (χ3v) is 7.08. The molecule has 1 aliphatic rings. The number of benzene rings is 1. The van der Waals surface area contributed by atoms with Crippen LogP contribution < -0.4 is 0 Å². The molecule has 1 atom stereocenters. The Balaban J connectivity index is 1.64. The minimum atomic E-state index is -3.05. The maximum atomic E-state index is 12.8. The van der Waals surface area contributed by atoms with Crippen LogP contribution in [0.15, 0.2) is 33.9 Å². The van der Waals surface area contributed by atoms with Crippen LogP contribution in [0.3, 0.4) is 0 Å². The summed E-state index contributed by atoms with van der Waals surface area (Å²) in [5, 5.41) is 8.40. The minimum Gasteiger partial charge on any atom is -0.411 e. The Morgan fingerprint density at radius 3 is 2.79 bits per heavy atom. The molecule has 0 N–H and O–H groups in total. The van der Waals surface area contributed by atoms with Gasteiger partial charge in [-0.3, -0.25) is 4.79 Å². The number of carbonyl (C=O) groups excluding carboxylic acids is 1. The van der Waals surface area contributed by atoms with E-state index in [0.29, 0.717) is 24.1 Å². The Hall–Kier alpha value is -1.87. The van der Waals surface area contributed by atoms with E-state index in [9.17, 15) is 13.2 Å². The van der Waals surface area contributed by atoms with E-state index in [1.54, 1.807) is 4.90 Å². The number of hydrogen-bond acceptors (Lipinski definition) is 7. The summed E-state index contributed by atoms with van der Waals surface area (Å²) in [6.45, 7) is 6.56. The zero-order valence-corrected chi connectivity index (χ0v) is 17.9. The molecular weight excluding hydrogens is 398 g/mol. The van der Waals surface area contributed by atoms with Gasteiger partial charge >= 0.3 is 0 Å². The van der Waals surface area contributed by atoms with Gasteiger partial charge < -0.3 is 9.32 Å². The molecule has 0 bridgehead atoms. The first-order chi connectivity index (χ1) is 13.2. The Morgan fingerprint density at radius 2 is 2.14 bits per heavy atom. The highest BCUT2D eigenvalue weighted by Gasteiger charge is 2.34. The van der Waals surface area contributed by atoms with Gasteiger partial charge in [0, 0.05) is 18.2 Å². The summed E-state index contributed by atoms with van der Waals surface area (Å²) in [6, 6.07) is 7.51. The van der Waals surface area contributed by atoms with Crippen LogP contribution in [0.1, 0.15) is 25.8 Å². The lowest BCUT2D eigenvalue weighted by Gasteiger charge is -2.29. The van der Waals surface area contributed by atoms with E-state index in [1.165, 1.54) is 11.8 Å². The summed E-state index contributed by atoms with van der Waals surface area (Å²) in [4.78, 5) is 14.5. The molecule has 152 valence electrons. The third-order valence-electron chi connectivity index (χ3n) is 4.52. The summed E-state index contributed by atoms with van der Waals surface area (Å²) in [5.74, 6) is 0.910. The molecule has 0 saturated carbocycles. The first kappa shape index (κ1) is 20.9. The number of sulfone groups is 1. The number of aromatic nitrogens is 2. The highest BCUT2D eigenvalue weighted by atomic mass is 32.2. The Bertz CT molecular complexity index is 940. The second-order valence-electron chi connectivity index (χ2n) is 7.53. The van der Waals surface area contributed by atoms with Crippen LogP contribution in [0.2, 0.25) is 0 Å². The predicted molar refractivity (Wildman–Crippen MR) is 109 cm³/mol. The fourth-order valence-electron chi connectivity index (χ4n) is 3.24. The van der Waals surface area contributed by atoms with Crippen LogP contribution in [0.25, 0.3) is 11.5 Å². The highest BCUT2D eigenvalue weighted by Crippen LogP contribution is 2.25. The molecule has 2 aromatic rings. The summed E-state index contributed by atoms with van der Waals surface area (Å²) < 4.78 is 29.3. The second-order valence-corrected chi connectivity index (χ2v) is 10.7. The molecule has 3 rings (SSSR count). The van der Waals surface area contributed by atoms with Gasteiger partial charge in [-0.25, -0.2) is 8.42 Å². The Kier molecular flexibility index (Phi) is 6.44. The van der Waals surface area contributed by atoms with Crippen molar-refractivity contribution < 1.29 is 17.6 Å². The average Bonchev–Trinajstić information content (AvgIpc) is 3.24. The van der Waals surface area contributed by atoms with E-state index in [2.05, 4.69) is 10.2 Å². The molecule has 1 amide bonds. The Labute approximate surface area is 169 Å². The van der Waals surface area contributed by atoms with Crippen molar-refractivity contribution in [3.05, 3.63) is 29.8 Å². The van der Waals surface area contributed by atoms with Gasteiger partial charge in [-0.1, -0.05) is 43.3 Å². The fourth-order valence-corrected chi connectivity index (χ4v) is 5.62. The molecular formula is C19H25N3O4S2. The monoisotopic (exact) mass is 423 g/mol. The summed E-state index contributed by atoms with van der Waals surface area (Å²) >= 11 is 1.18. The van der Waals surface area contributed by atoms with Gasteiger partial charge in [0.25, 0.3) is 5.22 Å². The molecule has 1 fully saturated rings. The van der Waals surface area contributed by atoms with Crippen molar-refractivity contribution in [1.82, 2.24) is 15.1 Å². The standard InChI is InChI=1S/C19H25N3O4S2/c1-13(2)10-22(16-7-8-28(24,25)12-16)17(23)11-27-19-21-20-18(26-19)15-6-4-5-14(3)9-15/h4-6,9,13,16H,7-8,10-12H2,1-3H3/t16-/m1/s1. The first-order valence-electron chi connectivity index (χ1n) is 9.27. The second kappa shape index (κ2) is 8.65. The van der Waals surface area contributed by atoms with Crippen LogP contribution in [0.4, 0.5) is 0 Å². The third kappa shape index (κ3) is 5.35. The predicted octanol–water partition coefficient (Wildman–Crippen LogP) is 2.81. The lowest BCUT2D eigenvalue weighted by Crippen LogP contribution is -2.44. The van der Waals surface area contributed by atoms with Gasteiger partial charge in [-0.15, -0.1) is 10.2 Å². The first-order valence-corrected chi connectivity index (χ1v) is 12.1. The fraction of sp³-hybridized carbons (Fsp3) is 0.526. The summed E-state index contributed by atoms with van der Waals surface area (Å²) in [7, 11) is -3.05. The maximum Gasteiger partial charge on any atom is 0.277 e. The van der Waals surface area contributed by atoms with Crippen LogP contribution in [-0.2, 0) is 14.6 Å². The minimum absolute atomic E-state index is 0.0498. The SMILES string of the molecule is Cc1cccc(-c2nnc(SCC(=O)N(CC(C)C)[C@@H]3CCS(=O)(=O)C3)o2)c1. The van der Waals surface area contributed by atoms with Gasteiger partial charge in [-0.05, 0) is 31.4 Å². The number of carbonyl (C=O) groups is 1. The molecule has 2 heterocycles.